The molecule has 0 heterocycles. The number of amides is 1. The minimum atomic E-state index is -3.53. The zero-order valence-corrected chi connectivity index (χ0v) is 21.0. The Labute approximate surface area is 197 Å². The first-order valence-electron chi connectivity index (χ1n) is 9.67. The van der Waals surface area contributed by atoms with Gasteiger partial charge in [0, 0.05) is 27.9 Å². The Morgan fingerprint density at radius 1 is 1.07 bits per heavy atom. The van der Waals surface area contributed by atoms with Crippen LogP contribution in [0.3, 0.4) is 0 Å². The second-order valence-electron chi connectivity index (χ2n) is 6.80. The summed E-state index contributed by atoms with van der Waals surface area (Å²) in [5, 5.41) is 5.70. The number of halogens is 1. The molecule has 0 fully saturated rings. The van der Waals surface area contributed by atoms with E-state index < -0.39 is 10.0 Å². The van der Waals surface area contributed by atoms with E-state index in [1.165, 1.54) is 4.31 Å². The predicted molar refractivity (Wildman–Crippen MR) is 133 cm³/mol. The predicted octanol–water partition coefficient (Wildman–Crippen LogP) is 4.54. The summed E-state index contributed by atoms with van der Waals surface area (Å²) in [5.74, 6) is -0.306. The fraction of sp³-hybridized carbons (Fsp3) is 0.333. The molecule has 0 spiro atoms. The number of hydrogen-bond acceptors (Lipinski definition) is 4. The molecule has 162 valence electrons. The Hall–Kier alpha value is -1.56. The normalized spacial score (nSPS) is 11.4. The molecule has 9 heteroatoms. The Bertz CT molecular complexity index is 1000. The van der Waals surface area contributed by atoms with Gasteiger partial charge < -0.3 is 5.32 Å². The third-order valence-corrected chi connectivity index (χ3v) is 7.64. The molecule has 0 aromatic heterocycles. The van der Waals surface area contributed by atoms with Crippen LogP contribution in [0.1, 0.15) is 42.6 Å². The van der Waals surface area contributed by atoms with E-state index in [2.05, 4.69) is 33.2 Å². The van der Waals surface area contributed by atoms with Crippen LogP contribution in [0.2, 0.25) is 0 Å². The molecule has 0 saturated carbocycles. The Morgan fingerprint density at radius 2 is 1.67 bits per heavy atom. The van der Waals surface area contributed by atoms with Crippen LogP contribution in [0.5, 0.6) is 0 Å². The number of anilines is 1. The number of hydrogen-bond donors (Lipinski definition) is 2. The molecular formula is C21H26IN3O3S2. The fourth-order valence-electron chi connectivity index (χ4n) is 2.78. The molecular weight excluding hydrogens is 533 g/mol. The molecule has 2 N–H and O–H groups in total. The van der Waals surface area contributed by atoms with Crippen LogP contribution in [0.4, 0.5) is 5.69 Å². The average Bonchev–Trinajstić information content (AvgIpc) is 2.70. The first-order chi connectivity index (χ1) is 14.2. The van der Waals surface area contributed by atoms with Crippen LogP contribution < -0.4 is 10.6 Å². The van der Waals surface area contributed by atoms with E-state index in [1.54, 1.807) is 36.4 Å². The molecule has 0 aliphatic rings. The maximum absolute atomic E-state index is 12.8. The first-order valence-corrected chi connectivity index (χ1v) is 12.6. The lowest BCUT2D eigenvalue weighted by Gasteiger charge is -2.21. The van der Waals surface area contributed by atoms with Gasteiger partial charge in [-0.15, -0.1) is 0 Å². The molecule has 0 saturated heterocycles. The maximum Gasteiger partial charge on any atom is 0.257 e. The number of sulfonamides is 1. The molecule has 2 rings (SSSR count). The molecule has 0 unspecified atom stereocenters. The van der Waals surface area contributed by atoms with Crippen molar-refractivity contribution >= 4 is 61.5 Å². The van der Waals surface area contributed by atoms with Crippen molar-refractivity contribution in [1.29, 1.82) is 0 Å². The monoisotopic (exact) mass is 559 g/mol. The van der Waals surface area contributed by atoms with Crippen molar-refractivity contribution in [2.24, 2.45) is 0 Å². The summed E-state index contributed by atoms with van der Waals surface area (Å²) in [7, 11) is -3.53. The number of thiocarbonyl (C=S) groups is 1. The molecule has 0 radical (unpaired) electrons. The maximum atomic E-state index is 12.8. The molecule has 1 amide bonds. The van der Waals surface area contributed by atoms with Gasteiger partial charge in [0.2, 0.25) is 10.0 Å². The highest BCUT2D eigenvalue weighted by atomic mass is 127. The Kier molecular flexibility index (Phi) is 9.20. The van der Waals surface area contributed by atoms with Crippen LogP contribution in [-0.4, -0.2) is 36.8 Å². The van der Waals surface area contributed by atoms with E-state index in [1.807, 2.05) is 26.8 Å². The summed E-state index contributed by atoms with van der Waals surface area (Å²) >= 11 is 7.39. The van der Waals surface area contributed by atoms with Gasteiger partial charge in [-0.2, -0.15) is 4.31 Å². The van der Waals surface area contributed by atoms with Crippen LogP contribution in [0.25, 0.3) is 0 Å². The van der Waals surface area contributed by atoms with Gasteiger partial charge in [0.1, 0.15) is 0 Å². The number of carbonyl (C=O) groups excluding carboxylic acids is 1. The second kappa shape index (κ2) is 11.2. The summed E-state index contributed by atoms with van der Waals surface area (Å²) in [6.07, 6.45) is 1.51. The van der Waals surface area contributed by atoms with Gasteiger partial charge in [-0.3, -0.25) is 10.1 Å². The van der Waals surface area contributed by atoms with Crippen LogP contribution in [0.15, 0.2) is 47.4 Å². The van der Waals surface area contributed by atoms with Gasteiger partial charge in [-0.1, -0.05) is 19.9 Å². The molecule has 2 aromatic rings. The molecule has 0 aliphatic carbocycles. The van der Waals surface area contributed by atoms with E-state index in [9.17, 15) is 13.2 Å². The average molecular weight is 559 g/mol. The van der Waals surface area contributed by atoms with Gasteiger partial charge in [0.15, 0.2) is 5.11 Å². The number of nitrogens with one attached hydrogen (secondary N) is 2. The molecule has 2 aromatic carbocycles. The number of nitrogens with zero attached hydrogens (tertiary/aromatic N) is 1. The van der Waals surface area contributed by atoms with Crippen LogP contribution >= 0.6 is 34.8 Å². The SMILES string of the molecule is CCCN(CCC)S(=O)(=O)c1ccc(NC(=S)NC(=O)c2ccc(C)c(I)c2)cc1. The van der Waals surface area contributed by atoms with Gasteiger partial charge in [0.25, 0.3) is 5.91 Å². The van der Waals surface area contributed by atoms with Crippen molar-refractivity contribution in [3.05, 3.63) is 57.2 Å². The number of rotatable bonds is 8. The Balaban J connectivity index is 2.05. The molecule has 30 heavy (non-hydrogen) atoms. The lowest BCUT2D eigenvalue weighted by Crippen LogP contribution is -2.34. The second-order valence-corrected chi connectivity index (χ2v) is 10.3. The van der Waals surface area contributed by atoms with Gasteiger partial charge in [-0.05, 0) is 96.5 Å². The minimum Gasteiger partial charge on any atom is -0.332 e. The molecule has 6 nitrogen and oxygen atoms in total. The molecule has 0 atom stereocenters. The quantitative estimate of drug-likeness (QED) is 0.367. The van der Waals surface area contributed by atoms with Crippen molar-refractivity contribution in [2.75, 3.05) is 18.4 Å². The summed E-state index contributed by atoms with van der Waals surface area (Å²) in [6.45, 7) is 6.87. The van der Waals surface area contributed by atoms with E-state index >= 15 is 0 Å². The highest BCUT2D eigenvalue weighted by Gasteiger charge is 2.22. The molecule has 0 bridgehead atoms. The van der Waals surface area contributed by atoms with E-state index in [-0.39, 0.29) is 15.9 Å². The number of aryl methyl sites for hydroxylation is 1. The Morgan fingerprint density at radius 3 is 2.20 bits per heavy atom. The van der Waals surface area contributed by atoms with E-state index in [0.29, 0.717) is 24.3 Å². The van der Waals surface area contributed by atoms with Crippen molar-refractivity contribution in [2.45, 2.75) is 38.5 Å². The smallest absolute Gasteiger partial charge is 0.257 e. The summed E-state index contributed by atoms with van der Waals surface area (Å²) in [6, 6.07) is 11.8. The van der Waals surface area contributed by atoms with Crippen molar-refractivity contribution in [3.8, 4) is 0 Å². The fourth-order valence-corrected chi connectivity index (χ4v) is 5.13. The van der Waals surface area contributed by atoms with Crippen molar-refractivity contribution < 1.29 is 13.2 Å². The van der Waals surface area contributed by atoms with Crippen molar-refractivity contribution in [3.63, 3.8) is 0 Å². The number of carbonyl (C=O) groups is 1. The summed E-state index contributed by atoms with van der Waals surface area (Å²) in [4.78, 5) is 12.6. The third kappa shape index (κ3) is 6.47. The topological polar surface area (TPSA) is 78.5 Å². The zero-order valence-electron chi connectivity index (χ0n) is 17.2. The van der Waals surface area contributed by atoms with Crippen LogP contribution in [0, 0.1) is 10.5 Å². The van der Waals surface area contributed by atoms with Gasteiger partial charge >= 0.3 is 0 Å². The lowest BCUT2D eigenvalue weighted by atomic mass is 10.1. The first kappa shape index (κ1) is 24.7. The van der Waals surface area contributed by atoms with Crippen molar-refractivity contribution in [1.82, 2.24) is 9.62 Å². The van der Waals surface area contributed by atoms with E-state index in [0.717, 1.165) is 22.0 Å². The standard InChI is InChI=1S/C21H26IN3O3S2/c1-4-12-25(13-5-2)30(27,28)18-10-8-17(9-11-18)23-21(29)24-20(26)16-7-6-15(3)19(22)14-16/h6-11,14H,4-5,12-13H2,1-3H3,(H2,23,24,26,29). The summed E-state index contributed by atoms with van der Waals surface area (Å²) < 4.78 is 28.1. The largest absolute Gasteiger partial charge is 0.332 e. The highest BCUT2D eigenvalue weighted by molar-refractivity contribution is 14.1. The highest BCUT2D eigenvalue weighted by Crippen LogP contribution is 2.19. The summed E-state index contributed by atoms with van der Waals surface area (Å²) in [5.41, 5.74) is 2.21. The minimum absolute atomic E-state index is 0.143. The zero-order chi connectivity index (χ0) is 22.3. The number of benzene rings is 2. The lowest BCUT2D eigenvalue weighted by molar-refractivity contribution is 0.0977. The van der Waals surface area contributed by atoms with Gasteiger partial charge in [0.05, 0.1) is 4.90 Å². The van der Waals surface area contributed by atoms with Gasteiger partial charge in [-0.25, -0.2) is 8.42 Å². The van der Waals surface area contributed by atoms with Crippen LogP contribution in [-0.2, 0) is 10.0 Å². The molecule has 0 aliphatic heterocycles. The van der Waals surface area contributed by atoms with E-state index in [4.69, 9.17) is 12.2 Å². The third-order valence-electron chi connectivity index (χ3n) is 4.36.